The average Bonchev–Trinajstić information content (AvgIpc) is 2.88. The number of carbonyl (C=O) groups excluding carboxylic acids is 1. The molecular formula is C16H24F2N5O. The summed E-state index contributed by atoms with van der Waals surface area (Å²) in [7, 11) is 0. The number of hydrogen-bond acceptors (Lipinski definition) is 6. The lowest BCUT2D eigenvalue weighted by Gasteiger charge is -2.19. The lowest BCUT2D eigenvalue weighted by Crippen LogP contribution is -2.23. The summed E-state index contributed by atoms with van der Waals surface area (Å²) >= 11 is 0. The van der Waals surface area contributed by atoms with Crippen molar-refractivity contribution >= 4 is 23.7 Å². The molecule has 0 aromatic carbocycles. The van der Waals surface area contributed by atoms with Crippen LogP contribution in [0.5, 0.6) is 0 Å². The van der Waals surface area contributed by atoms with E-state index in [-0.39, 0.29) is 24.9 Å². The standard InChI is InChI=1S/C16H24F2N5O/c1-2-11(5-3-4-8-24)21-14-13(19)10-20-15(23-14)22-12-6-7-16(17,18)9-12/h10-12H,2-7,9,19H2,1H3,(H2,20,21,22,23)/t11?,12-/m1/s1. The highest BCUT2D eigenvalue weighted by atomic mass is 19.3. The van der Waals surface area contributed by atoms with Gasteiger partial charge in [0.15, 0.2) is 12.1 Å². The number of halogens is 2. The SMILES string of the molecule is CCC(CCC[C]=O)Nc1nc(N[C@@H]2CCC(F)(F)C2)ncc1N. The first-order valence-corrected chi connectivity index (χ1v) is 8.32. The Morgan fingerprint density at radius 1 is 1.54 bits per heavy atom. The molecule has 1 aromatic heterocycles. The Balaban J connectivity index is 1.98. The summed E-state index contributed by atoms with van der Waals surface area (Å²) in [5, 5.41) is 6.20. The third-order valence-electron chi connectivity index (χ3n) is 4.22. The van der Waals surface area contributed by atoms with Gasteiger partial charge < -0.3 is 16.4 Å². The molecular weight excluding hydrogens is 316 g/mol. The van der Waals surface area contributed by atoms with Gasteiger partial charge in [0.1, 0.15) is 0 Å². The maximum atomic E-state index is 13.3. The van der Waals surface area contributed by atoms with Gasteiger partial charge in [-0.05, 0) is 25.7 Å². The lowest BCUT2D eigenvalue weighted by atomic mass is 10.1. The number of unbranched alkanes of at least 4 members (excludes halogenated alkanes) is 1. The third-order valence-corrected chi connectivity index (χ3v) is 4.22. The maximum Gasteiger partial charge on any atom is 0.250 e. The fraction of sp³-hybridized carbons (Fsp3) is 0.688. The van der Waals surface area contributed by atoms with Crippen LogP contribution in [0.2, 0.25) is 0 Å². The van der Waals surface area contributed by atoms with E-state index < -0.39 is 5.92 Å². The van der Waals surface area contributed by atoms with Gasteiger partial charge in [0, 0.05) is 31.3 Å². The van der Waals surface area contributed by atoms with Gasteiger partial charge in [0.05, 0.1) is 11.9 Å². The Kier molecular flexibility index (Phi) is 6.28. The zero-order chi connectivity index (χ0) is 17.6. The Labute approximate surface area is 140 Å². The van der Waals surface area contributed by atoms with Crippen LogP contribution in [0.4, 0.5) is 26.2 Å². The normalized spacial score (nSPS) is 20.5. The van der Waals surface area contributed by atoms with Gasteiger partial charge in [-0.2, -0.15) is 4.98 Å². The van der Waals surface area contributed by atoms with E-state index in [1.54, 1.807) is 0 Å². The smallest absolute Gasteiger partial charge is 0.250 e. The van der Waals surface area contributed by atoms with Gasteiger partial charge in [0.25, 0.3) is 0 Å². The number of nitrogens with two attached hydrogens (primary N) is 1. The molecule has 1 heterocycles. The highest BCUT2D eigenvalue weighted by molar-refractivity contribution is 5.62. The summed E-state index contributed by atoms with van der Waals surface area (Å²) in [5.74, 6) is -1.83. The number of aromatic nitrogens is 2. The van der Waals surface area contributed by atoms with Crippen LogP contribution in [0.3, 0.4) is 0 Å². The molecule has 0 bridgehead atoms. The van der Waals surface area contributed by atoms with Crippen LogP contribution in [-0.4, -0.2) is 34.3 Å². The Morgan fingerprint density at radius 2 is 2.33 bits per heavy atom. The zero-order valence-corrected chi connectivity index (χ0v) is 13.8. The molecule has 8 heteroatoms. The van der Waals surface area contributed by atoms with Gasteiger partial charge in [-0.25, -0.2) is 13.8 Å². The van der Waals surface area contributed by atoms with E-state index >= 15 is 0 Å². The summed E-state index contributed by atoms with van der Waals surface area (Å²) in [6.07, 6.45) is 6.21. The minimum Gasteiger partial charge on any atom is -0.394 e. The highest BCUT2D eigenvalue weighted by Gasteiger charge is 2.39. The predicted octanol–water partition coefficient (Wildman–Crippen LogP) is 3.13. The summed E-state index contributed by atoms with van der Waals surface area (Å²) < 4.78 is 26.5. The number of nitrogens with zero attached hydrogens (tertiary/aromatic N) is 2. The molecule has 1 aromatic rings. The van der Waals surface area contributed by atoms with E-state index in [4.69, 9.17) is 5.73 Å². The molecule has 1 radical (unpaired) electrons. The van der Waals surface area contributed by atoms with Crippen molar-refractivity contribution in [3.8, 4) is 0 Å². The molecule has 0 saturated heterocycles. The number of alkyl halides is 2. The molecule has 1 aliphatic rings. The van der Waals surface area contributed by atoms with Crippen molar-refractivity contribution in [1.82, 2.24) is 9.97 Å². The lowest BCUT2D eigenvalue weighted by molar-refractivity contribution is 0.00851. The van der Waals surface area contributed by atoms with Crippen LogP contribution in [-0.2, 0) is 4.79 Å². The third kappa shape index (κ3) is 5.28. The Hall–Kier alpha value is -1.99. The molecule has 4 N–H and O–H groups in total. The first-order valence-electron chi connectivity index (χ1n) is 8.32. The Morgan fingerprint density at radius 3 is 2.96 bits per heavy atom. The van der Waals surface area contributed by atoms with E-state index in [2.05, 4.69) is 20.6 Å². The topological polar surface area (TPSA) is 92.9 Å². The van der Waals surface area contributed by atoms with E-state index in [9.17, 15) is 13.6 Å². The molecule has 1 saturated carbocycles. The van der Waals surface area contributed by atoms with Crippen molar-refractivity contribution in [3.63, 3.8) is 0 Å². The first kappa shape index (κ1) is 18.4. The molecule has 1 aliphatic carbocycles. The number of rotatable bonds is 9. The predicted molar refractivity (Wildman–Crippen MR) is 89.9 cm³/mol. The van der Waals surface area contributed by atoms with Crippen LogP contribution in [0, 0.1) is 0 Å². The second-order valence-electron chi connectivity index (χ2n) is 6.22. The van der Waals surface area contributed by atoms with Gasteiger partial charge in [-0.1, -0.05) is 6.92 Å². The molecule has 6 nitrogen and oxygen atoms in total. The fourth-order valence-electron chi connectivity index (χ4n) is 2.82. The molecule has 24 heavy (non-hydrogen) atoms. The van der Waals surface area contributed by atoms with E-state index in [0.717, 1.165) is 19.3 Å². The van der Waals surface area contributed by atoms with Gasteiger partial charge >= 0.3 is 0 Å². The average molecular weight is 340 g/mol. The molecule has 2 rings (SSSR count). The minimum atomic E-state index is -2.62. The molecule has 1 fully saturated rings. The molecule has 133 valence electrons. The molecule has 0 spiro atoms. The summed E-state index contributed by atoms with van der Waals surface area (Å²) in [5.41, 5.74) is 6.30. The van der Waals surface area contributed by atoms with Crippen LogP contribution >= 0.6 is 0 Å². The van der Waals surface area contributed by atoms with Gasteiger partial charge in [0.2, 0.25) is 11.9 Å². The molecule has 0 aliphatic heterocycles. The number of nitrogens with one attached hydrogen (secondary N) is 2. The largest absolute Gasteiger partial charge is 0.394 e. The van der Waals surface area contributed by atoms with Crippen molar-refractivity contribution in [2.45, 2.75) is 69.9 Å². The first-order chi connectivity index (χ1) is 11.4. The number of hydrogen-bond donors (Lipinski definition) is 3. The van der Waals surface area contributed by atoms with Gasteiger partial charge in [-0.3, -0.25) is 4.79 Å². The number of nitrogen functional groups attached to an aromatic ring is 1. The van der Waals surface area contributed by atoms with E-state index in [0.29, 0.717) is 30.3 Å². The van der Waals surface area contributed by atoms with Crippen molar-refractivity contribution in [2.24, 2.45) is 0 Å². The van der Waals surface area contributed by atoms with E-state index in [1.807, 2.05) is 13.2 Å². The van der Waals surface area contributed by atoms with Crippen LogP contribution in [0.25, 0.3) is 0 Å². The van der Waals surface area contributed by atoms with Crippen LogP contribution in [0.15, 0.2) is 6.20 Å². The van der Waals surface area contributed by atoms with E-state index in [1.165, 1.54) is 6.20 Å². The summed E-state index contributed by atoms with van der Waals surface area (Å²) in [6.45, 7) is 2.03. The van der Waals surface area contributed by atoms with Crippen molar-refractivity contribution in [3.05, 3.63) is 6.20 Å². The van der Waals surface area contributed by atoms with Crippen LogP contribution < -0.4 is 16.4 Å². The number of anilines is 3. The molecule has 1 unspecified atom stereocenters. The Bertz CT molecular complexity index is 555. The summed E-state index contributed by atoms with van der Waals surface area (Å²) in [6, 6.07) is -0.208. The van der Waals surface area contributed by atoms with Crippen molar-refractivity contribution in [2.75, 3.05) is 16.4 Å². The summed E-state index contributed by atoms with van der Waals surface area (Å²) in [4.78, 5) is 18.7. The zero-order valence-electron chi connectivity index (χ0n) is 13.8. The fourth-order valence-corrected chi connectivity index (χ4v) is 2.82. The monoisotopic (exact) mass is 340 g/mol. The highest BCUT2D eigenvalue weighted by Crippen LogP contribution is 2.36. The second kappa shape index (κ2) is 8.21. The maximum absolute atomic E-state index is 13.3. The van der Waals surface area contributed by atoms with Gasteiger partial charge in [-0.15, -0.1) is 0 Å². The minimum absolute atomic E-state index is 0.115. The second-order valence-corrected chi connectivity index (χ2v) is 6.22. The van der Waals surface area contributed by atoms with Crippen molar-refractivity contribution in [1.29, 1.82) is 0 Å². The molecule has 0 amide bonds. The van der Waals surface area contributed by atoms with Crippen molar-refractivity contribution < 1.29 is 13.6 Å². The van der Waals surface area contributed by atoms with Crippen LogP contribution in [0.1, 0.15) is 51.9 Å². The molecule has 2 atom stereocenters. The quantitative estimate of drug-likeness (QED) is 0.598.